The molecule has 0 rings (SSSR count). The smallest absolute Gasteiger partial charge is 0.506 e. The van der Waals surface area contributed by atoms with E-state index in [1.54, 1.807) is 25.9 Å². The Morgan fingerprint density at radius 3 is 2.41 bits per heavy atom. The van der Waals surface area contributed by atoms with Crippen LogP contribution in [0.1, 0.15) is 13.3 Å². The number of ether oxygens (including phenoxy) is 1. The van der Waals surface area contributed by atoms with E-state index in [9.17, 15) is 19.4 Å². The summed E-state index contributed by atoms with van der Waals surface area (Å²) in [6, 6.07) is 0. The Morgan fingerprint density at radius 1 is 1.27 bits per heavy atom. The number of methoxy groups -OCH3 is 1. The fourth-order valence-corrected chi connectivity index (χ4v) is 1.52. The number of esters is 1. The Hall–Kier alpha value is -1.93. The number of ketones is 1. The van der Waals surface area contributed by atoms with E-state index in [1.807, 2.05) is 0 Å². The molecule has 0 aliphatic heterocycles. The molecule has 0 aromatic carbocycles. The molecule has 0 aromatic rings. The summed E-state index contributed by atoms with van der Waals surface area (Å²) in [7, 11) is 3.21. The van der Waals surface area contributed by atoms with Crippen molar-refractivity contribution in [3.63, 3.8) is 0 Å². The van der Waals surface area contributed by atoms with Crippen LogP contribution in [0.4, 0.5) is 0 Å². The molecule has 0 radical (unpaired) electrons. The second-order valence-corrected chi connectivity index (χ2v) is 4.73. The zero-order valence-electron chi connectivity index (χ0n) is 13.3. The lowest BCUT2D eigenvalue weighted by molar-refractivity contribution is -0.145. The van der Waals surface area contributed by atoms with E-state index < -0.39 is 25.0 Å². The van der Waals surface area contributed by atoms with Crippen molar-refractivity contribution in [1.29, 1.82) is 0 Å². The van der Waals surface area contributed by atoms with Crippen molar-refractivity contribution in [3.8, 4) is 0 Å². The van der Waals surface area contributed by atoms with Crippen molar-refractivity contribution in [3.05, 3.63) is 24.2 Å². The molecule has 0 fully saturated rings. The van der Waals surface area contributed by atoms with Crippen molar-refractivity contribution in [2.45, 2.75) is 13.3 Å². The number of hydrogen-bond acceptors (Lipinski definition) is 7. The molecule has 0 aliphatic carbocycles. The number of rotatable bonds is 9. The minimum absolute atomic E-state index is 0.210. The van der Waals surface area contributed by atoms with Gasteiger partial charge < -0.3 is 19.3 Å². The summed E-state index contributed by atoms with van der Waals surface area (Å²) in [4.78, 5) is 36.2. The maximum Gasteiger partial charge on any atom is 0.554 e. The maximum atomic E-state index is 11.9. The van der Waals surface area contributed by atoms with Crippen LogP contribution in [0.15, 0.2) is 24.2 Å². The Morgan fingerprint density at radius 2 is 1.91 bits per heavy atom. The normalized spacial score (nSPS) is 12.6. The number of hydrogen-bond donors (Lipinski definition) is 1. The SMILES string of the molecule is CCC(=O)C(CN(C)C)C(=O)OB(O)/C=C/C=C/C(=O)OC. The largest absolute Gasteiger partial charge is 0.554 e. The topological polar surface area (TPSA) is 93.1 Å². The Balaban J connectivity index is 4.58. The molecule has 0 bridgehead atoms. The minimum atomic E-state index is -1.50. The van der Waals surface area contributed by atoms with Gasteiger partial charge in [0.15, 0.2) is 0 Å². The molecule has 0 spiro atoms. The van der Waals surface area contributed by atoms with Crippen molar-refractivity contribution in [2.24, 2.45) is 5.92 Å². The summed E-state index contributed by atoms with van der Waals surface area (Å²) in [6.07, 6.45) is 4.01. The fraction of sp³-hybridized carbons (Fsp3) is 0.500. The molecule has 7 nitrogen and oxygen atoms in total. The lowest BCUT2D eigenvalue weighted by Gasteiger charge is -2.18. The van der Waals surface area contributed by atoms with E-state index in [2.05, 4.69) is 4.74 Å². The van der Waals surface area contributed by atoms with Gasteiger partial charge in [-0.25, -0.2) is 4.79 Å². The lowest BCUT2D eigenvalue weighted by Crippen LogP contribution is -2.37. The van der Waals surface area contributed by atoms with Gasteiger partial charge in [0.25, 0.3) is 0 Å². The summed E-state index contributed by atoms with van der Waals surface area (Å²) in [5.41, 5.74) is 0. The third-order valence-electron chi connectivity index (χ3n) is 2.63. The molecule has 22 heavy (non-hydrogen) atoms. The summed E-state index contributed by atoms with van der Waals surface area (Å²) in [5, 5.41) is 9.57. The number of Topliss-reactive ketones (excluding diaryl/α,β-unsaturated/α-hetero) is 1. The van der Waals surface area contributed by atoms with Crippen LogP contribution in [-0.4, -0.2) is 62.5 Å². The van der Waals surface area contributed by atoms with Gasteiger partial charge in [0.05, 0.1) is 7.11 Å². The Kier molecular flexibility index (Phi) is 9.81. The van der Waals surface area contributed by atoms with Gasteiger partial charge in [-0.1, -0.05) is 19.1 Å². The standard InChI is InChI=1S/C14H22BNO6/c1-5-12(17)11(10-16(2)3)14(19)22-15(20)9-7-6-8-13(18)21-4/h6-9,11,20H,5,10H2,1-4H3/b8-6+,9-7+. The Labute approximate surface area is 130 Å². The van der Waals surface area contributed by atoms with E-state index in [4.69, 9.17) is 4.65 Å². The van der Waals surface area contributed by atoms with Crippen molar-refractivity contribution in [2.75, 3.05) is 27.7 Å². The van der Waals surface area contributed by atoms with Crippen LogP contribution >= 0.6 is 0 Å². The van der Waals surface area contributed by atoms with Crippen LogP contribution in [-0.2, 0) is 23.8 Å². The number of carbonyl (C=O) groups excluding carboxylic acids is 3. The van der Waals surface area contributed by atoms with Crippen LogP contribution in [0.5, 0.6) is 0 Å². The molecule has 0 saturated carbocycles. The second kappa shape index (κ2) is 10.8. The van der Waals surface area contributed by atoms with Crippen molar-refractivity contribution in [1.82, 2.24) is 4.90 Å². The lowest BCUT2D eigenvalue weighted by atomic mass is 9.89. The highest BCUT2D eigenvalue weighted by molar-refractivity contribution is 6.51. The highest BCUT2D eigenvalue weighted by atomic mass is 16.6. The van der Waals surface area contributed by atoms with E-state index in [1.165, 1.54) is 25.2 Å². The van der Waals surface area contributed by atoms with Crippen LogP contribution < -0.4 is 0 Å². The van der Waals surface area contributed by atoms with Gasteiger partial charge in [-0.15, -0.1) is 0 Å². The molecule has 0 heterocycles. The molecule has 1 unspecified atom stereocenters. The van der Waals surface area contributed by atoms with Gasteiger partial charge in [0, 0.05) is 19.0 Å². The first-order valence-electron chi connectivity index (χ1n) is 6.80. The summed E-state index contributed by atoms with van der Waals surface area (Å²) < 4.78 is 9.18. The van der Waals surface area contributed by atoms with Gasteiger partial charge in [0.1, 0.15) is 11.7 Å². The van der Waals surface area contributed by atoms with Crippen molar-refractivity contribution < 1.29 is 28.8 Å². The monoisotopic (exact) mass is 311 g/mol. The second-order valence-electron chi connectivity index (χ2n) is 4.73. The maximum absolute atomic E-state index is 11.9. The average molecular weight is 311 g/mol. The van der Waals surface area contributed by atoms with Gasteiger partial charge in [0.2, 0.25) is 0 Å². The van der Waals surface area contributed by atoms with Crippen LogP contribution in [0, 0.1) is 5.92 Å². The zero-order chi connectivity index (χ0) is 17.1. The molecule has 1 N–H and O–H groups in total. The van der Waals surface area contributed by atoms with Crippen LogP contribution in [0.2, 0.25) is 0 Å². The summed E-state index contributed by atoms with van der Waals surface area (Å²) in [5.74, 6) is -1.35. The highest BCUT2D eigenvalue weighted by Gasteiger charge is 2.29. The molecule has 8 heteroatoms. The predicted octanol–water partition coefficient (Wildman–Crippen LogP) is -0.00840. The van der Waals surface area contributed by atoms with E-state index in [-0.39, 0.29) is 18.7 Å². The molecule has 122 valence electrons. The third kappa shape index (κ3) is 8.38. The first-order chi connectivity index (χ1) is 10.3. The average Bonchev–Trinajstić information content (AvgIpc) is 2.47. The van der Waals surface area contributed by atoms with Gasteiger partial charge >= 0.3 is 19.1 Å². The highest BCUT2D eigenvalue weighted by Crippen LogP contribution is 2.07. The molecular formula is C14H22BNO6. The predicted molar refractivity (Wildman–Crippen MR) is 81.7 cm³/mol. The molecule has 0 aliphatic rings. The molecule has 0 amide bonds. The molecular weight excluding hydrogens is 289 g/mol. The Bertz CT molecular complexity index is 447. The van der Waals surface area contributed by atoms with Crippen molar-refractivity contribution >= 4 is 24.8 Å². The van der Waals surface area contributed by atoms with Crippen LogP contribution in [0.25, 0.3) is 0 Å². The fourth-order valence-electron chi connectivity index (χ4n) is 1.52. The summed E-state index contributed by atoms with van der Waals surface area (Å²) >= 11 is 0. The van der Waals surface area contributed by atoms with E-state index in [0.29, 0.717) is 0 Å². The zero-order valence-corrected chi connectivity index (χ0v) is 13.3. The number of allylic oxidation sites excluding steroid dienone is 2. The first kappa shape index (κ1) is 20.1. The van der Waals surface area contributed by atoms with E-state index in [0.717, 1.165) is 6.08 Å². The minimum Gasteiger partial charge on any atom is -0.506 e. The van der Waals surface area contributed by atoms with Gasteiger partial charge in [-0.05, 0) is 20.1 Å². The number of nitrogens with zero attached hydrogens (tertiary/aromatic N) is 1. The molecule has 0 aromatic heterocycles. The number of carbonyl (C=O) groups is 3. The van der Waals surface area contributed by atoms with Gasteiger partial charge in [-0.2, -0.15) is 0 Å². The summed E-state index contributed by atoms with van der Waals surface area (Å²) in [6.45, 7) is 1.87. The van der Waals surface area contributed by atoms with Gasteiger partial charge in [-0.3, -0.25) is 9.59 Å². The third-order valence-corrected chi connectivity index (χ3v) is 2.63. The quantitative estimate of drug-likeness (QED) is 0.210. The first-order valence-corrected chi connectivity index (χ1v) is 6.80. The van der Waals surface area contributed by atoms with E-state index >= 15 is 0 Å². The molecule has 1 atom stereocenters. The molecule has 0 saturated heterocycles. The van der Waals surface area contributed by atoms with Crippen LogP contribution in [0.3, 0.4) is 0 Å².